The quantitative estimate of drug-likeness (QED) is 0.710. The van der Waals surface area contributed by atoms with Crippen LogP contribution in [-0.4, -0.2) is 30.3 Å². The smallest absolute Gasteiger partial charge is 0.326 e. The van der Waals surface area contributed by atoms with Crippen molar-refractivity contribution in [3.8, 4) is 5.75 Å². The van der Waals surface area contributed by atoms with Gasteiger partial charge in [-0.05, 0) is 12.5 Å². The molecule has 0 bridgehead atoms. The van der Waals surface area contributed by atoms with Crippen LogP contribution in [0.4, 0.5) is 4.79 Å². The lowest BCUT2D eigenvalue weighted by atomic mass is 10.2. The van der Waals surface area contributed by atoms with Gasteiger partial charge in [0.1, 0.15) is 11.8 Å². The molecule has 2 amide bonds. The van der Waals surface area contributed by atoms with Crippen molar-refractivity contribution in [1.29, 1.82) is 0 Å². The van der Waals surface area contributed by atoms with Crippen molar-refractivity contribution in [3.63, 3.8) is 0 Å². The lowest BCUT2D eigenvalue weighted by Gasteiger charge is -2.15. The van der Waals surface area contributed by atoms with E-state index in [0.29, 0.717) is 18.6 Å². The van der Waals surface area contributed by atoms with Crippen LogP contribution in [0.2, 0.25) is 0 Å². The summed E-state index contributed by atoms with van der Waals surface area (Å²) in [4.78, 5) is 22.6. The minimum absolute atomic E-state index is 0.272. The van der Waals surface area contributed by atoms with Crippen LogP contribution in [0.25, 0.3) is 0 Å². The second-order valence-corrected chi connectivity index (χ2v) is 4.32. The van der Waals surface area contributed by atoms with Crippen LogP contribution >= 0.6 is 0 Å². The maximum atomic E-state index is 11.7. The topological polar surface area (TPSA) is 87.7 Å². The molecule has 1 aromatic carbocycles. The first-order valence-electron chi connectivity index (χ1n) is 6.47. The zero-order chi connectivity index (χ0) is 15.0. The number of benzene rings is 1. The Balaban J connectivity index is 2.52. The van der Waals surface area contributed by atoms with Crippen molar-refractivity contribution >= 4 is 12.0 Å². The van der Waals surface area contributed by atoms with Crippen LogP contribution in [0.1, 0.15) is 25.3 Å². The third-order valence-electron chi connectivity index (χ3n) is 2.81. The lowest BCUT2D eigenvalue weighted by molar-refractivity contribution is -0.139. The number of hydrogen-bond donors (Lipinski definition) is 3. The number of carboxylic acids is 1. The standard InChI is InChI=1S/C14H20N2O4/c1-3-6-11(13(17)18)16-14(19)15-9-10-7-4-5-8-12(10)20-2/h4-5,7-8,11H,3,6,9H2,1-2H3,(H,17,18)(H2,15,16,19)/t11-/m0/s1. The molecule has 20 heavy (non-hydrogen) atoms. The van der Waals surface area contributed by atoms with Crippen LogP contribution in [-0.2, 0) is 11.3 Å². The summed E-state index contributed by atoms with van der Waals surface area (Å²) in [6, 6.07) is 5.94. The number of nitrogens with one attached hydrogen (secondary N) is 2. The number of carbonyl (C=O) groups is 2. The summed E-state index contributed by atoms with van der Waals surface area (Å²) >= 11 is 0. The zero-order valence-corrected chi connectivity index (χ0v) is 11.7. The predicted molar refractivity (Wildman–Crippen MR) is 74.7 cm³/mol. The third kappa shape index (κ3) is 4.79. The molecular formula is C14H20N2O4. The van der Waals surface area contributed by atoms with Gasteiger partial charge in [0.15, 0.2) is 0 Å². The Morgan fingerprint density at radius 2 is 2.05 bits per heavy atom. The van der Waals surface area contributed by atoms with E-state index in [-0.39, 0.29) is 6.54 Å². The monoisotopic (exact) mass is 280 g/mol. The Morgan fingerprint density at radius 3 is 2.65 bits per heavy atom. The number of carbonyl (C=O) groups excluding carboxylic acids is 1. The maximum Gasteiger partial charge on any atom is 0.326 e. The van der Waals surface area contributed by atoms with Crippen LogP contribution < -0.4 is 15.4 Å². The molecule has 6 nitrogen and oxygen atoms in total. The van der Waals surface area contributed by atoms with Gasteiger partial charge in [-0.15, -0.1) is 0 Å². The van der Waals surface area contributed by atoms with E-state index in [1.807, 2.05) is 25.1 Å². The SMILES string of the molecule is CCC[C@H](NC(=O)NCc1ccccc1OC)C(=O)O. The largest absolute Gasteiger partial charge is 0.496 e. The summed E-state index contributed by atoms with van der Waals surface area (Å²) < 4.78 is 5.17. The summed E-state index contributed by atoms with van der Waals surface area (Å²) in [5, 5.41) is 14.0. The number of aliphatic carboxylic acids is 1. The fourth-order valence-corrected chi connectivity index (χ4v) is 1.78. The van der Waals surface area contributed by atoms with Crippen LogP contribution in [0.15, 0.2) is 24.3 Å². The van der Waals surface area contributed by atoms with Gasteiger partial charge in [0.05, 0.1) is 7.11 Å². The van der Waals surface area contributed by atoms with Gasteiger partial charge in [-0.2, -0.15) is 0 Å². The molecule has 1 aromatic rings. The first-order valence-corrected chi connectivity index (χ1v) is 6.47. The average Bonchev–Trinajstić information content (AvgIpc) is 2.44. The average molecular weight is 280 g/mol. The summed E-state index contributed by atoms with van der Waals surface area (Å²) in [5.41, 5.74) is 0.826. The van der Waals surface area contributed by atoms with E-state index in [1.54, 1.807) is 13.2 Å². The number of methoxy groups -OCH3 is 1. The predicted octanol–water partition coefficient (Wildman–Crippen LogP) is 1.75. The molecule has 0 heterocycles. The van der Waals surface area contributed by atoms with Gasteiger partial charge in [-0.3, -0.25) is 0 Å². The van der Waals surface area contributed by atoms with E-state index in [2.05, 4.69) is 10.6 Å². The summed E-state index contributed by atoms with van der Waals surface area (Å²) in [6.45, 7) is 2.14. The van der Waals surface area contributed by atoms with Crippen molar-refractivity contribution in [2.24, 2.45) is 0 Å². The van der Waals surface area contributed by atoms with Gasteiger partial charge in [0.25, 0.3) is 0 Å². The van der Waals surface area contributed by atoms with Gasteiger partial charge < -0.3 is 20.5 Å². The van der Waals surface area contributed by atoms with E-state index >= 15 is 0 Å². The Kier molecular flexibility index (Phi) is 6.36. The molecule has 3 N–H and O–H groups in total. The van der Waals surface area contributed by atoms with E-state index in [9.17, 15) is 9.59 Å². The number of ether oxygens (including phenoxy) is 1. The van der Waals surface area contributed by atoms with Crippen molar-refractivity contribution in [3.05, 3.63) is 29.8 Å². The van der Waals surface area contributed by atoms with Gasteiger partial charge in [0, 0.05) is 12.1 Å². The molecule has 0 radical (unpaired) electrons. The fourth-order valence-electron chi connectivity index (χ4n) is 1.78. The highest BCUT2D eigenvalue weighted by atomic mass is 16.5. The molecule has 0 saturated heterocycles. The number of rotatable bonds is 7. The van der Waals surface area contributed by atoms with Crippen molar-refractivity contribution in [1.82, 2.24) is 10.6 Å². The Labute approximate surface area is 118 Å². The second-order valence-electron chi connectivity index (χ2n) is 4.32. The minimum Gasteiger partial charge on any atom is -0.496 e. The lowest BCUT2D eigenvalue weighted by Crippen LogP contribution is -2.45. The van der Waals surface area contributed by atoms with Crippen molar-refractivity contribution in [2.45, 2.75) is 32.4 Å². The number of hydrogen-bond acceptors (Lipinski definition) is 3. The van der Waals surface area contributed by atoms with Crippen molar-refractivity contribution < 1.29 is 19.4 Å². The van der Waals surface area contributed by atoms with E-state index in [1.165, 1.54) is 0 Å². The molecule has 1 atom stereocenters. The Hall–Kier alpha value is -2.24. The molecule has 0 aromatic heterocycles. The molecule has 0 spiro atoms. The molecule has 0 aliphatic carbocycles. The molecule has 0 saturated carbocycles. The van der Waals surface area contributed by atoms with Gasteiger partial charge in [-0.1, -0.05) is 31.5 Å². The minimum atomic E-state index is -1.03. The van der Waals surface area contributed by atoms with Gasteiger partial charge in [0.2, 0.25) is 0 Å². The number of carboxylic acid groups (broad SMARTS) is 1. The summed E-state index contributed by atoms with van der Waals surface area (Å²) in [6.07, 6.45) is 1.08. The highest BCUT2D eigenvalue weighted by Gasteiger charge is 2.18. The molecule has 1 rings (SSSR count). The first-order chi connectivity index (χ1) is 9.58. The number of urea groups is 1. The number of para-hydroxylation sites is 1. The molecule has 6 heteroatoms. The van der Waals surface area contributed by atoms with Crippen LogP contribution in [0.5, 0.6) is 5.75 Å². The first kappa shape index (κ1) is 15.8. The van der Waals surface area contributed by atoms with Crippen molar-refractivity contribution in [2.75, 3.05) is 7.11 Å². The molecule has 0 aliphatic rings. The van der Waals surface area contributed by atoms with E-state index < -0.39 is 18.0 Å². The second kappa shape index (κ2) is 8.04. The Bertz CT molecular complexity index is 462. The normalized spacial score (nSPS) is 11.5. The Morgan fingerprint density at radius 1 is 1.35 bits per heavy atom. The highest BCUT2D eigenvalue weighted by molar-refractivity contribution is 5.82. The molecule has 0 unspecified atom stereocenters. The summed E-state index contributed by atoms with van der Waals surface area (Å²) in [7, 11) is 1.56. The number of amides is 2. The van der Waals surface area contributed by atoms with E-state index in [0.717, 1.165) is 5.56 Å². The maximum absolute atomic E-state index is 11.7. The molecule has 0 fully saturated rings. The third-order valence-corrected chi connectivity index (χ3v) is 2.81. The molecular weight excluding hydrogens is 260 g/mol. The van der Waals surface area contributed by atoms with Gasteiger partial charge in [-0.25, -0.2) is 9.59 Å². The van der Waals surface area contributed by atoms with Crippen LogP contribution in [0.3, 0.4) is 0 Å². The fraction of sp³-hybridized carbons (Fsp3) is 0.429. The zero-order valence-electron chi connectivity index (χ0n) is 11.7. The van der Waals surface area contributed by atoms with E-state index in [4.69, 9.17) is 9.84 Å². The van der Waals surface area contributed by atoms with Gasteiger partial charge >= 0.3 is 12.0 Å². The molecule has 0 aliphatic heterocycles. The van der Waals surface area contributed by atoms with Crippen LogP contribution in [0, 0.1) is 0 Å². The highest BCUT2D eigenvalue weighted by Crippen LogP contribution is 2.16. The molecule has 110 valence electrons. The summed E-state index contributed by atoms with van der Waals surface area (Å²) in [5.74, 6) is -0.351.